The normalized spacial score (nSPS) is 42.2. The van der Waals surface area contributed by atoms with Gasteiger partial charge in [-0.1, -0.05) is 0 Å². The zero-order chi connectivity index (χ0) is 17.3. The molecule has 1 aliphatic rings. The molecule has 1 aliphatic heterocycles. The third-order valence-electron chi connectivity index (χ3n) is 1.19. The van der Waals surface area contributed by atoms with E-state index in [9.17, 15) is 0 Å². The number of thiophene rings is 1. The Labute approximate surface area is 98.3 Å². The minimum absolute atomic E-state index is 0.207. The number of anilines is 1. The molecule has 0 aromatic carbocycles. The Balaban J connectivity index is 2.51. The predicted molar refractivity (Wildman–Crippen MR) is 55.0 cm³/mol. The quantitative estimate of drug-likeness (QED) is 0.807. The molecule has 2 nitrogen and oxygen atoms in total. The van der Waals surface area contributed by atoms with Gasteiger partial charge in [0.25, 0.3) is 0 Å². The molecule has 0 aliphatic carbocycles. The topological polar surface area (TPSA) is 12.5 Å². The van der Waals surface area contributed by atoms with Gasteiger partial charge in [-0.05, 0) is 28.0 Å². The number of halogens is 1. The average molecular weight is 258 g/mol. The molecule has 66 valence electrons. The third-order valence-corrected chi connectivity index (χ3v) is 2.63. The summed E-state index contributed by atoms with van der Waals surface area (Å²) in [5, 5.41) is -0.219. The van der Waals surface area contributed by atoms with E-state index in [0.717, 1.165) is 11.3 Å². The van der Waals surface area contributed by atoms with E-state index >= 15 is 0 Å². The molecule has 1 fully saturated rings. The lowest BCUT2D eigenvalue weighted by Crippen LogP contribution is -2.51. The first-order chi connectivity index (χ1) is 9.67. The second-order valence-corrected chi connectivity index (χ2v) is 4.24. The van der Waals surface area contributed by atoms with E-state index in [4.69, 9.17) is 13.7 Å². The summed E-state index contributed by atoms with van der Waals surface area (Å²) in [5.74, 6) is 0. The van der Waals surface area contributed by atoms with Crippen molar-refractivity contribution in [3.8, 4) is 0 Å². The molecule has 0 N–H and O–H groups in total. The van der Waals surface area contributed by atoms with Crippen molar-refractivity contribution in [3.63, 3.8) is 0 Å². The van der Waals surface area contributed by atoms with Crippen LogP contribution in [0.3, 0.4) is 0 Å². The highest BCUT2D eigenvalue weighted by atomic mass is 79.9. The molecule has 1 saturated heterocycles. The molecule has 2 rings (SSSR count). The van der Waals surface area contributed by atoms with Crippen LogP contribution in [0.1, 0.15) is 13.7 Å². The highest BCUT2D eigenvalue weighted by Gasteiger charge is 2.27. The van der Waals surface area contributed by atoms with Gasteiger partial charge in [0.1, 0.15) is 0 Å². The summed E-state index contributed by atoms with van der Waals surface area (Å²) in [6.07, 6.45) is -3.00. The standard InChI is InChI=1S/C8H10BrNOS/c1-11-6-4-10(5-6)8-3-2-7(9)12-8/h2-3,6H,4-5H2,1H3/i1D3,2D,3D,4D2,5D2,6D. The predicted octanol–water partition coefficient (Wildman–Crippen LogP) is 2.35. The van der Waals surface area contributed by atoms with E-state index in [0.29, 0.717) is 4.90 Å². The molecule has 4 heteroatoms. The maximum atomic E-state index is 7.87. The van der Waals surface area contributed by atoms with Crippen molar-refractivity contribution in [3.05, 3.63) is 15.9 Å². The Kier molecular flexibility index (Phi) is 0.760. The first-order valence-corrected chi connectivity index (χ1v) is 4.54. The van der Waals surface area contributed by atoms with Crippen LogP contribution >= 0.6 is 27.3 Å². The van der Waals surface area contributed by atoms with Crippen LogP contribution in [-0.4, -0.2) is 26.1 Å². The SMILES string of the molecule is [2H]c1c(Br)sc(N2C([2H])([2H])C([2H])(OC([2H])([2H])[2H])C2([2H])[2H])c1[2H]. The lowest BCUT2D eigenvalue weighted by Gasteiger charge is -2.38. The summed E-state index contributed by atoms with van der Waals surface area (Å²) in [6.45, 7) is -5.67. The van der Waals surface area contributed by atoms with Crippen LogP contribution in [0.25, 0.3) is 0 Å². The molecule has 0 saturated carbocycles. The average Bonchev–Trinajstić information content (AvgIpc) is 2.54. The lowest BCUT2D eigenvalue weighted by atomic mass is 10.2. The second kappa shape index (κ2) is 3.36. The van der Waals surface area contributed by atoms with Gasteiger partial charge in [-0.15, -0.1) is 11.3 Å². The monoisotopic (exact) mass is 257 g/mol. The van der Waals surface area contributed by atoms with E-state index in [1.54, 1.807) is 0 Å². The number of methoxy groups -OCH3 is 1. The van der Waals surface area contributed by atoms with Crippen LogP contribution in [0.2, 0.25) is 0 Å². The molecular formula is C8H10BrNOS. The van der Waals surface area contributed by atoms with Crippen molar-refractivity contribution in [1.82, 2.24) is 0 Å². The van der Waals surface area contributed by atoms with Crippen molar-refractivity contribution in [2.24, 2.45) is 0 Å². The lowest BCUT2D eigenvalue weighted by molar-refractivity contribution is 0.0791. The highest BCUT2D eigenvalue weighted by Crippen LogP contribution is 2.32. The summed E-state index contributed by atoms with van der Waals surface area (Å²) >= 11 is 3.77. The first kappa shape index (κ1) is 2.72. The van der Waals surface area contributed by atoms with Gasteiger partial charge in [-0.3, -0.25) is 0 Å². The fraction of sp³-hybridized carbons (Fsp3) is 0.500. The summed E-state index contributed by atoms with van der Waals surface area (Å²) in [7, 11) is -3.16. The molecule has 1 aromatic rings. The Bertz CT molecular complexity index is 597. The van der Waals surface area contributed by atoms with Crippen LogP contribution in [0.4, 0.5) is 5.00 Å². The first-order valence-electron chi connectivity index (χ1n) is 7.93. The number of hydrogen-bond acceptors (Lipinski definition) is 3. The zero-order valence-corrected chi connectivity index (χ0v) is 8.04. The third kappa shape index (κ3) is 1.51. The molecule has 0 bridgehead atoms. The van der Waals surface area contributed by atoms with Gasteiger partial charge in [-0.25, -0.2) is 0 Å². The van der Waals surface area contributed by atoms with Crippen molar-refractivity contribution in [1.29, 1.82) is 0 Å². The van der Waals surface area contributed by atoms with Gasteiger partial charge in [0, 0.05) is 20.0 Å². The molecule has 0 amide bonds. The van der Waals surface area contributed by atoms with Crippen LogP contribution < -0.4 is 4.90 Å². The van der Waals surface area contributed by atoms with Crippen LogP contribution in [0.5, 0.6) is 0 Å². The van der Waals surface area contributed by atoms with Crippen molar-refractivity contribution < 1.29 is 18.4 Å². The molecule has 12 heavy (non-hydrogen) atoms. The maximum absolute atomic E-state index is 7.87. The molecular weight excluding hydrogens is 238 g/mol. The zero-order valence-electron chi connectivity index (χ0n) is 15.6. The van der Waals surface area contributed by atoms with Crippen molar-refractivity contribution in [2.45, 2.75) is 6.08 Å². The van der Waals surface area contributed by atoms with Gasteiger partial charge in [0.15, 0.2) is 0 Å². The molecule has 1 aromatic heterocycles. The Morgan fingerprint density at radius 2 is 2.83 bits per heavy atom. The minimum Gasteiger partial charge on any atom is -0.378 e. The fourth-order valence-corrected chi connectivity index (χ4v) is 1.81. The Morgan fingerprint density at radius 1 is 2.00 bits per heavy atom. The summed E-state index contributed by atoms with van der Waals surface area (Å²) in [4.78, 5) is 0.467. The van der Waals surface area contributed by atoms with E-state index in [1.165, 1.54) is 0 Å². The van der Waals surface area contributed by atoms with Gasteiger partial charge < -0.3 is 9.64 Å². The fourth-order valence-electron chi connectivity index (χ4n) is 0.690. The molecule has 0 spiro atoms. The smallest absolute Gasteiger partial charge is 0.0922 e. The number of rotatable bonds is 2. The van der Waals surface area contributed by atoms with Crippen molar-refractivity contribution >= 4 is 32.3 Å². The number of ether oxygens (including phenoxy) is 1. The number of nitrogens with zero attached hydrogens (tertiary/aromatic N) is 1. The van der Waals surface area contributed by atoms with E-state index < -0.39 is 32.2 Å². The van der Waals surface area contributed by atoms with Crippen molar-refractivity contribution in [2.75, 3.05) is 24.9 Å². The van der Waals surface area contributed by atoms with Gasteiger partial charge in [0.2, 0.25) is 0 Å². The van der Waals surface area contributed by atoms with Gasteiger partial charge in [-0.2, -0.15) is 0 Å². The Morgan fingerprint density at radius 3 is 3.42 bits per heavy atom. The van der Waals surface area contributed by atoms with E-state index in [-0.39, 0.29) is 14.8 Å². The maximum Gasteiger partial charge on any atom is 0.0922 e. The minimum atomic E-state index is -3.16. The van der Waals surface area contributed by atoms with E-state index in [1.807, 2.05) is 0 Å². The summed E-state index contributed by atoms with van der Waals surface area (Å²) in [6, 6.07) is -0.661. The van der Waals surface area contributed by atoms with Gasteiger partial charge >= 0.3 is 0 Å². The highest BCUT2D eigenvalue weighted by molar-refractivity contribution is 9.11. The van der Waals surface area contributed by atoms with Crippen LogP contribution in [0, 0.1) is 0 Å². The Hall–Kier alpha value is -0.0600. The summed E-state index contributed by atoms with van der Waals surface area (Å²) < 4.78 is 80.2. The van der Waals surface area contributed by atoms with Crippen LogP contribution in [-0.2, 0) is 4.74 Å². The van der Waals surface area contributed by atoms with E-state index in [2.05, 4.69) is 20.7 Å². The second-order valence-electron chi connectivity index (χ2n) is 1.92. The van der Waals surface area contributed by atoms with Crippen LogP contribution in [0.15, 0.2) is 15.9 Å². The molecule has 2 heterocycles. The molecule has 0 radical (unpaired) electrons. The largest absolute Gasteiger partial charge is 0.378 e. The molecule has 0 unspecified atom stereocenters. The molecule has 0 atom stereocenters. The van der Waals surface area contributed by atoms with Gasteiger partial charge in [0.05, 0.1) is 28.6 Å². The summed E-state index contributed by atoms with van der Waals surface area (Å²) in [5.41, 5.74) is 0. The number of hydrogen-bond donors (Lipinski definition) is 0.